The minimum Gasteiger partial charge on any atom is -0.370 e. The number of nitrogens with two attached hydrogens (primary N) is 1. The second-order valence-corrected chi connectivity index (χ2v) is 2.52. The number of primary amides is 1. The van der Waals surface area contributed by atoms with Crippen LogP contribution in [0.4, 0.5) is 0 Å². The van der Waals surface area contributed by atoms with Crippen molar-refractivity contribution in [2.24, 2.45) is 10.7 Å². The Morgan fingerprint density at radius 3 is 3.00 bits per heavy atom. The minimum absolute atomic E-state index is 0.227. The molecule has 1 aliphatic heterocycles. The number of carbonyl (C=O) groups excluding carboxylic acids is 1. The zero-order chi connectivity index (χ0) is 7.40. The second kappa shape index (κ2) is 3.34. The summed E-state index contributed by atoms with van der Waals surface area (Å²) in [6.07, 6.45) is 3.44. The SMILES string of the molecule is NC(=O)CCC1=NCCC1. The van der Waals surface area contributed by atoms with Crippen molar-refractivity contribution in [1.82, 2.24) is 0 Å². The monoisotopic (exact) mass is 140 g/mol. The van der Waals surface area contributed by atoms with Gasteiger partial charge in [0.1, 0.15) is 0 Å². The van der Waals surface area contributed by atoms with Gasteiger partial charge < -0.3 is 5.73 Å². The molecule has 0 spiro atoms. The van der Waals surface area contributed by atoms with Crippen molar-refractivity contribution in [3.63, 3.8) is 0 Å². The smallest absolute Gasteiger partial charge is 0.217 e. The summed E-state index contributed by atoms with van der Waals surface area (Å²) in [6.45, 7) is 0.939. The molecule has 0 aromatic heterocycles. The number of hydrogen-bond acceptors (Lipinski definition) is 2. The Hall–Kier alpha value is -0.860. The standard InChI is InChI=1S/C7H12N2O/c8-7(10)4-3-6-2-1-5-9-6/h1-5H2,(H2,8,10). The molecule has 3 heteroatoms. The third kappa shape index (κ3) is 2.17. The normalized spacial score (nSPS) is 17.0. The topological polar surface area (TPSA) is 55.5 Å². The van der Waals surface area contributed by atoms with Crippen molar-refractivity contribution in [3.05, 3.63) is 0 Å². The average Bonchev–Trinajstić information content (AvgIpc) is 2.34. The lowest BCUT2D eigenvalue weighted by Gasteiger charge is -1.94. The van der Waals surface area contributed by atoms with Crippen LogP contribution in [0.5, 0.6) is 0 Å². The van der Waals surface area contributed by atoms with E-state index in [1.165, 1.54) is 5.71 Å². The van der Waals surface area contributed by atoms with Gasteiger partial charge in [0, 0.05) is 18.7 Å². The van der Waals surface area contributed by atoms with Gasteiger partial charge in [-0.1, -0.05) is 0 Å². The van der Waals surface area contributed by atoms with Gasteiger partial charge in [-0.2, -0.15) is 0 Å². The van der Waals surface area contributed by atoms with Crippen molar-refractivity contribution in [3.8, 4) is 0 Å². The number of hydrogen-bond donors (Lipinski definition) is 1. The fraction of sp³-hybridized carbons (Fsp3) is 0.714. The maximum atomic E-state index is 10.3. The van der Waals surface area contributed by atoms with E-state index in [-0.39, 0.29) is 5.91 Å². The molecule has 1 aliphatic rings. The van der Waals surface area contributed by atoms with E-state index in [1.807, 2.05) is 0 Å². The van der Waals surface area contributed by atoms with Crippen molar-refractivity contribution in [2.75, 3.05) is 6.54 Å². The Morgan fingerprint density at radius 1 is 1.70 bits per heavy atom. The summed E-state index contributed by atoms with van der Waals surface area (Å²) in [5, 5.41) is 0. The number of aliphatic imine (C=N–C) groups is 1. The fourth-order valence-electron chi connectivity index (χ4n) is 1.07. The summed E-state index contributed by atoms with van der Waals surface area (Å²) in [5.41, 5.74) is 6.14. The molecule has 0 saturated heterocycles. The predicted octanol–water partition coefficient (Wildman–Crippen LogP) is 0.487. The zero-order valence-electron chi connectivity index (χ0n) is 5.97. The lowest BCUT2D eigenvalue weighted by atomic mass is 10.1. The van der Waals surface area contributed by atoms with Gasteiger partial charge in [-0.25, -0.2) is 0 Å². The Labute approximate surface area is 60.3 Å². The van der Waals surface area contributed by atoms with Gasteiger partial charge in [-0.05, 0) is 19.3 Å². The van der Waals surface area contributed by atoms with Crippen LogP contribution in [0.15, 0.2) is 4.99 Å². The summed E-state index contributed by atoms with van der Waals surface area (Å²) >= 11 is 0. The molecule has 3 nitrogen and oxygen atoms in total. The quantitative estimate of drug-likeness (QED) is 0.609. The summed E-state index contributed by atoms with van der Waals surface area (Å²) in [5.74, 6) is -0.227. The van der Waals surface area contributed by atoms with Gasteiger partial charge in [0.15, 0.2) is 0 Å². The molecule has 0 bridgehead atoms. The van der Waals surface area contributed by atoms with Crippen molar-refractivity contribution in [2.45, 2.75) is 25.7 Å². The van der Waals surface area contributed by atoms with Crippen LogP contribution < -0.4 is 5.73 Å². The molecule has 0 unspecified atom stereocenters. The molecule has 10 heavy (non-hydrogen) atoms. The van der Waals surface area contributed by atoms with E-state index in [1.54, 1.807) is 0 Å². The molecule has 1 amide bonds. The first-order chi connectivity index (χ1) is 4.79. The van der Waals surface area contributed by atoms with E-state index < -0.39 is 0 Å². The zero-order valence-corrected chi connectivity index (χ0v) is 5.97. The van der Waals surface area contributed by atoms with Crippen LogP contribution in [0.3, 0.4) is 0 Å². The van der Waals surface area contributed by atoms with E-state index in [0.717, 1.165) is 25.8 Å². The molecule has 1 rings (SSSR count). The van der Waals surface area contributed by atoms with Crippen molar-refractivity contribution >= 4 is 11.6 Å². The van der Waals surface area contributed by atoms with Gasteiger partial charge in [0.25, 0.3) is 0 Å². The first kappa shape index (κ1) is 7.25. The van der Waals surface area contributed by atoms with Gasteiger partial charge in [0.05, 0.1) is 0 Å². The van der Waals surface area contributed by atoms with Crippen LogP contribution >= 0.6 is 0 Å². The number of carbonyl (C=O) groups is 1. The first-order valence-electron chi connectivity index (χ1n) is 3.59. The number of amides is 1. The molecular weight excluding hydrogens is 128 g/mol. The third-order valence-corrected chi connectivity index (χ3v) is 1.62. The molecule has 2 N–H and O–H groups in total. The van der Waals surface area contributed by atoms with Crippen molar-refractivity contribution in [1.29, 1.82) is 0 Å². The summed E-state index contributed by atoms with van der Waals surface area (Å²) < 4.78 is 0. The van der Waals surface area contributed by atoms with Crippen LogP contribution in [0.25, 0.3) is 0 Å². The maximum absolute atomic E-state index is 10.3. The molecule has 0 atom stereocenters. The van der Waals surface area contributed by atoms with Gasteiger partial charge >= 0.3 is 0 Å². The van der Waals surface area contributed by atoms with Crippen LogP contribution in [-0.2, 0) is 4.79 Å². The van der Waals surface area contributed by atoms with Crippen LogP contribution in [0.1, 0.15) is 25.7 Å². The third-order valence-electron chi connectivity index (χ3n) is 1.62. The Morgan fingerprint density at radius 2 is 2.50 bits per heavy atom. The molecule has 1 heterocycles. The number of rotatable bonds is 3. The molecule has 0 radical (unpaired) electrons. The second-order valence-electron chi connectivity index (χ2n) is 2.52. The molecular formula is C7H12N2O. The lowest BCUT2D eigenvalue weighted by Crippen LogP contribution is -2.11. The highest BCUT2D eigenvalue weighted by atomic mass is 16.1. The maximum Gasteiger partial charge on any atom is 0.217 e. The van der Waals surface area contributed by atoms with E-state index in [4.69, 9.17) is 5.73 Å². The van der Waals surface area contributed by atoms with Crippen LogP contribution in [-0.4, -0.2) is 18.2 Å². The molecule has 0 aromatic carbocycles. The fourth-order valence-corrected chi connectivity index (χ4v) is 1.07. The molecule has 0 aromatic rings. The van der Waals surface area contributed by atoms with Crippen molar-refractivity contribution < 1.29 is 4.79 Å². The predicted molar refractivity (Wildman–Crippen MR) is 40.0 cm³/mol. The van der Waals surface area contributed by atoms with E-state index in [2.05, 4.69) is 4.99 Å². The Balaban J connectivity index is 2.19. The highest BCUT2D eigenvalue weighted by Crippen LogP contribution is 2.07. The largest absolute Gasteiger partial charge is 0.370 e. The van der Waals surface area contributed by atoms with Crippen LogP contribution in [0.2, 0.25) is 0 Å². The van der Waals surface area contributed by atoms with Gasteiger partial charge in [0.2, 0.25) is 5.91 Å². The molecule has 0 saturated carbocycles. The van der Waals surface area contributed by atoms with E-state index in [9.17, 15) is 4.79 Å². The summed E-state index contributed by atoms with van der Waals surface area (Å²) in [4.78, 5) is 14.5. The summed E-state index contributed by atoms with van der Waals surface area (Å²) in [7, 11) is 0. The molecule has 56 valence electrons. The van der Waals surface area contributed by atoms with E-state index >= 15 is 0 Å². The van der Waals surface area contributed by atoms with E-state index in [0.29, 0.717) is 6.42 Å². The molecule has 0 fully saturated rings. The Bertz CT molecular complexity index is 163. The summed E-state index contributed by atoms with van der Waals surface area (Å²) in [6, 6.07) is 0. The highest BCUT2D eigenvalue weighted by molar-refractivity contribution is 5.89. The van der Waals surface area contributed by atoms with Gasteiger partial charge in [-0.15, -0.1) is 0 Å². The minimum atomic E-state index is -0.227. The lowest BCUT2D eigenvalue weighted by molar-refractivity contribution is -0.117. The molecule has 0 aliphatic carbocycles. The first-order valence-corrected chi connectivity index (χ1v) is 3.59. The average molecular weight is 140 g/mol. The highest BCUT2D eigenvalue weighted by Gasteiger charge is 2.06. The van der Waals surface area contributed by atoms with Crippen LogP contribution in [0, 0.1) is 0 Å². The Kier molecular flexibility index (Phi) is 2.42. The number of nitrogens with zero attached hydrogens (tertiary/aromatic N) is 1. The van der Waals surface area contributed by atoms with Gasteiger partial charge in [-0.3, -0.25) is 9.79 Å².